The lowest BCUT2D eigenvalue weighted by Crippen LogP contribution is -2.40. The lowest BCUT2D eigenvalue weighted by Gasteiger charge is -2.24. The molecule has 0 bridgehead atoms. The molecule has 2 heterocycles. The molecule has 0 saturated carbocycles. The van der Waals surface area contributed by atoms with E-state index >= 15 is 0 Å². The van der Waals surface area contributed by atoms with Gasteiger partial charge in [-0.2, -0.15) is 5.10 Å². The van der Waals surface area contributed by atoms with Crippen LogP contribution in [0.15, 0.2) is 47.3 Å². The average molecular weight is 341 g/mol. The topological polar surface area (TPSA) is 75.4 Å². The standard InChI is InChI=1S/C19H23N3O3/c23-13-5-9-16-8-4-12-21(16)19(25)14-22-18(24)11-10-17(20-22)15-6-2-1-3-7-15/h1-3,6-7,10-11,16,23H,4-5,8-9,12-14H2. The molecule has 0 aliphatic carbocycles. The van der Waals surface area contributed by atoms with Gasteiger partial charge in [-0.3, -0.25) is 9.59 Å². The molecule has 132 valence electrons. The van der Waals surface area contributed by atoms with Crippen LogP contribution >= 0.6 is 0 Å². The molecule has 1 fully saturated rings. The molecule has 1 aromatic heterocycles. The van der Waals surface area contributed by atoms with Crippen molar-refractivity contribution in [2.75, 3.05) is 13.2 Å². The van der Waals surface area contributed by atoms with Crippen molar-refractivity contribution in [3.63, 3.8) is 0 Å². The Hall–Kier alpha value is -2.47. The summed E-state index contributed by atoms with van der Waals surface area (Å²) < 4.78 is 1.24. The van der Waals surface area contributed by atoms with Gasteiger partial charge in [0.25, 0.3) is 5.56 Å². The zero-order chi connectivity index (χ0) is 17.6. The number of hydrogen-bond donors (Lipinski definition) is 1. The van der Waals surface area contributed by atoms with E-state index in [9.17, 15) is 9.59 Å². The largest absolute Gasteiger partial charge is 0.396 e. The summed E-state index contributed by atoms with van der Waals surface area (Å²) in [5.74, 6) is -0.0831. The maximum absolute atomic E-state index is 12.7. The van der Waals surface area contributed by atoms with Crippen molar-refractivity contribution in [2.24, 2.45) is 0 Å². The van der Waals surface area contributed by atoms with E-state index < -0.39 is 0 Å². The van der Waals surface area contributed by atoms with Crippen molar-refractivity contribution in [3.05, 3.63) is 52.8 Å². The Kier molecular flexibility index (Phi) is 5.60. The third-order valence-electron chi connectivity index (χ3n) is 4.61. The number of nitrogens with zero attached hydrogens (tertiary/aromatic N) is 3. The number of likely N-dealkylation sites (tertiary alicyclic amines) is 1. The number of benzene rings is 1. The highest BCUT2D eigenvalue weighted by Crippen LogP contribution is 2.21. The fraction of sp³-hybridized carbons (Fsp3) is 0.421. The van der Waals surface area contributed by atoms with Gasteiger partial charge in [0.1, 0.15) is 6.54 Å². The maximum atomic E-state index is 12.7. The molecule has 1 amide bonds. The number of rotatable bonds is 6. The van der Waals surface area contributed by atoms with Crippen LogP contribution < -0.4 is 5.56 Å². The molecule has 3 rings (SSSR count). The van der Waals surface area contributed by atoms with Crippen LogP contribution in [0.25, 0.3) is 11.3 Å². The summed E-state index contributed by atoms with van der Waals surface area (Å²) in [7, 11) is 0. The van der Waals surface area contributed by atoms with Crippen molar-refractivity contribution in [2.45, 2.75) is 38.3 Å². The molecule has 1 saturated heterocycles. The van der Waals surface area contributed by atoms with Crippen LogP contribution in [0.2, 0.25) is 0 Å². The minimum atomic E-state index is -0.279. The molecular formula is C19H23N3O3. The number of carbonyl (C=O) groups excluding carboxylic acids is 1. The molecule has 0 spiro atoms. The second-order valence-corrected chi connectivity index (χ2v) is 6.33. The van der Waals surface area contributed by atoms with E-state index in [-0.39, 0.29) is 30.7 Å². The number of aromatic nitrogens is 2. The molecule has 6 heteroatoms. The third-order valence-corrected chi connectivity index (χ3v) is 4.61. The maximum Gasteiger partial charge on any atom is 0.267 e. The molecular weight excluding hydrogens is 318 g/mol. The highest BCUT2D eigenvalue weighted by atomic mass is 16.3. The van der Waals surface area contributed by atoms with Crippen LogP contribution in [0.1, 0.15) is 25.7 Å². The molecule has 6 nitrogen and oxygen atoms in total. The molecule has 0 radical (unpaired) electrons. The second-order valence-electron chi connectivity index (χ2n) is 6.33. The van der Waals surface area contributed by atoms with Gasteiger partial charge in [0.15, 0.2) is 0 Å². The Morgan fingerprint density at radius 3 is 2.76 bits per heavy atom. The fourth-order valence-electron chi connectivity index (χ4n) is 3.34. The zero-order valence-electron chi connectivity index (χ0n) is 14.2. The summed E-state index contributed by atoms with van der Waals surface area (Å²) in [6.07, 6.45) is 3.41. The lowest BCUT2D eigenvalue weighted by molar-refractivity contribution is -0.133. The normalized spacial score (nSPS) is 17.0. The van der Waals surface area contributed by atoms with E-state index in [1.54, 1.807) is 6.07 Å². The van der Waals surface area contributed by atoms with Gasteiger partial charge in [0, 0.05) is 30.8 Å². The number of hydrogen-bond acceptors (Lipinski definition) is 4. The Balaban J connectivity index is 1.76. The van der Waals surface area contributed by atoms with Gasteiger partial charge >= 0.3 is 0 Å². The van der Waals surface area contributed by atoms with E-state index in [0.717, 1.165) is 24.8 Å². The van der Waals surface area contributed by atoms with Crippen LogP contribution in [-0.4, -0.2) is 44.9 Å². The van der Waals surface area contributed by atoms with E-state index in [0.29, 0.717) is 18.7 Å². The van der Waals surface area contributed by atoms with Crippen LogP contribution in [-0.2, 0) is 11.3 Å². The highest BCUT2D eigenvalue weighted by Gasteiger charge is 2.28. The van der Waals surface area contributed by atoms with Crippen molar-refractivity contribution >= 4 is 5.91 Å². The Morgan fingerprint density at radius 2 is 2.00 bits per heavy atom. The predicted molar refractivity (Wildman–Crippen MR) is 95.0 cm³/mol. The van der Waals surface area contributed by atoms with Crippen molar-refractivity contribution in [1.29, 1.82) is 0 Å². The van der Waals surface area contributed by atoms with Crippen LogP contribution in [0.4, 0.5) is 0 Å². The van der Waals surface area contributed by atoms with Gasteiger partial charge in [-0.25, -0.2) is 4.68 Å². The number of amides is 1. The summed E-state index contributed by atoms with van der Waals surface area (Å²) in [6.45, 7) is 0.801. The summed E-state index contributed by atoms with van der Waals surface area (Å²) in [4.78, 5) is 26.6. The average Bonchev–Trinajstić information content (AvgIpc) is 3.11. The van der Waals surface area contributed by atoms with Crippen molar-refractivity contribution in [3.8, 4) is 11.3 Å². The first-order valence-corrected chi connectivity index (χ1v) is 8.73. The van der Waals surface area contributed by atoms with E-state index in [1.165, 1.54) is 10.7 Å². The van der Waals surface area contributed by atoms with Gasteiger partial charge in [-0.05, 0) is 31.7 Å². The molecule has 1 aliphatic heterocycles. The quantitative estimate of drug-likeness (QED) is 0.867. The first-order valence-electron chi connectivity index (χ1n) is 8.73. The van der Waals surface area contributed by atoms with E-state index in [2.05, 4.69) is 5.10 Å². The van der Waals surface area contributed by atoms with Gasteiger partial charge in [-0.1, -0.05) is 30.3 Å². The monoisotopic (exact) mass is 341 g/mol. The van der Waals surface area contributed by atoms with Crippen LogP contribution in [0.3, 0.4) is 0 Å². The van der Waals surface area contributed by atoms with E-state index in [1.807, 2.05) is 35.2 Å². The van der Waals surface area contributed by atoms with Crippen molar-refractivity contribution < 1.29 is 9.90 Å². The Morgan fingerprint density at radius 1 is 1.20 bits per heavy atom. The van der Waals surface area contributed by atoms with Gasteiger partial charge in [0.2, 0.25) is 5.91 Å². The minimum absolute atomic E-state index is 0.0465. The number of aliphatic hydroxyl groups excluding tert-OH is 1. The van der Waals surface area contributed by atoms with Crippen molar-refractivity contribution in [1.82, 2.24) is 14.7 Å². The predicted octanol–water partition coefficient (Wildman–Crippen LogP) is 1.67. The molecule has 2 aromatic rings. The fourth-order valence-corrected chi connectivity index (χ4v) is 3.34. The van der Waals surface area contributed by atoms with Gasteiger partial charge in [0.05, 0.1) is 5.69 Å². The molecule has 1 N–H and O–H groups in total. The smallest absolute Gasteiger partial charge is 0.267 e. The first kappa shape index (κ1) is 17.4. The minimum Gasteiger partial charge on any atom is -0.396 e. The lowest BCUT2D eigenvalue weighted by atomic mass is 10.1. The highest BCUT2D eigenvalue weighted by molar-refractivity contribution is 5.76. The summed E-state index contributed by atoms with van der Waals surface area (Å²) in [5, 5.41) is 13.4. The second kappa shape index (κ2) is 8.07. The van der Waals surface area contributed by atoms with Gasteiger partial charge in [-0.15, -0.1) is 0 Å². The summed E-state index contributed by atoms with van der Waals surface area (Å²) >= 11 is 0. The molecule has 1 aliphatic rings. The van der Waals surface area contributed by atoms with Crippen LogP contribution in [0.5, 0.6) is 0 Å². The number of carbonyl (C=O) groups is 1. The molecule has 1 atom stereocenters. The third kappa shape index (κ3) is 4.14. The first-order chi connectivity index (χ1) is 12.2. The Labute approximate surface area is 146 Å². The SMILES string of the molecule is O=C(Cn1nc(-c2ccccc2)ccc1=O)N1CCCC1CCCO. The number of aliphatic hydroxyl groups is 1. The Bertz CT molecular complexity index is 773. The molecule has 25 heavy (non-hydrogen) atoms. The van der Waals surface area contributed by atoms with Gasteiger partial charge < -0.3 is 10.0 Å². The molecule has 1 aromatic carbocycles. The zero-order valence-corrected chi connectivity index (χ0v) is 14.2. The van der Waals surface area contributed by atoms with Crippen LogP contribution in [0, 0.1) is 0 Å². The summed E-state index contributed by atoms with van der Waals surface area (Å²) in [6, 6.07) is 12.9. The van der Waals surface area contributed by atoms with E-state index in [4.69, 9.17) is 5.11 Å². The summed E-state index contributed by atoms with van der Waals surface area (Å²) in [5.41, 5.74) is 1.30. The molecule has 1 unspecified atom stereocenters.